The molecule has 4 rings (SSSR count). The molecule has 134 valence electrons. The Hall–Kier alpha value is -2.83. The number of hydrogen-bond acceptors (Lipinski definition) is 6. The van der Waals surface area contributed by atoms with Crippen LogP contribution in [0.2, 0.25) is 0 Å². The number of pyridine rings is 1. The molecule has 0 radical (unpaired) electrons. The van der Waals surface area contributed by atoms with Gasteiger partial charge >= 0.3 is 0 Å². The smallest absolute Gasteiger partial charge is 0.180 e. The molecule has 3 aromatic rings. The zero-order valence-electron chi connectivity index (χ0n) is 15.3. The van der Waals surface area contributed by atoms with E-state index in [9.17, 15) is 0 Å². The Labute approximate surface area is 152 Å². The zero-order chi connectivity index (χ0) is 18.1. The van der Waals surface area contributed by atoms with Gasteiger partial charge in [0, 0.05) is 17.5 Å². The molecule has 0 aromatic carbocycles. The fraction of sp³-hybridized carbons (Fsp3) is 0.421. The van der Waals surface area contributed by atoms with Crippen LogP contribution in [-0.2, 0) is 12.8 Å². The molecule has 7 nitrogen and oxygen atoms in total. The molecule has 0 saturated carbocycles. The van der Waals surface area contributed by atoms with E-state index in [-0.39, 0.29) is 6.04 Å². The second kappa shape index (κ2) is 6.82. The van der Waals surface area contributed by atoms with Gasteiger partial charge in [0.05, 0.1) is 6.04 Å². The van der Waals surface area contributed by atoms with Crippen LogP contribution in [0.3, 0.4) is 0 Å². The first-order chi connectivity index (χ1) is 12.6. The zero-order valence-corrected chi connectivity index (χ0v) is 15.3. The third-order valence-electron chi connectivity index (χ3n) is 4.68. The molecule has 0 bridgehead atoms. The number of nitrogens with zero attached hydrogens (tertiary/aromatic N) is 5. The minimum absolute atomic E-state index is 0.0175. The van der Waals surface area contributed by atoms with Gasteiger partial charge in [-0.05, 0) is 44.2 Å². The van der Waals surface area contributed by atoms with Gasteiger partial charge in [-0.2, -0.15) is 5.10 Å². The van der Waals surface area contributed by atoms with Crippen molar-refractivity contribution in [3.05, 3.63) is 47.3 Å². The highest BCUT2D eigenvalue weighted by atomic mass is 15.2. The van der Waals surface area contributed by atoms with Crippen molar-refractivity contribution in [1.82, 2.24) is 30.1 Å². The fourth-order valence-corrected chi connectivity index (χ4v) is 3.34. The van der Waals surface area contributed by atoms with Crippen molar-refractivity contribution < 1.29 is 0 Å². The maximum atomic E-state index is 4.82. The summed E-state index contributed by atoms with van der Waals surface area (Å²) >= 11 is 0. The van der Waals surface area contributed by atoms with E-state index in [0.717, 1.165) is 48.1 Å². The van der Waals surface area contributed by atoms with Crippen molar-refractivity contribution in [1.29, 1.82) is 0 Å². The summed E-state index contributed by atoms with van der Waals surface area (Å²) in [6.45, 7) is 6.23. The molecule has 1 aliphatic carbocycles. The van der Waals surface area contributed by atoms with E-state index in [1.165, 1.54) is 5.56 Å². The predicted octanol–water partition coefficient (Wildman–Crippen LogP) is 3.26. The molecule has 1 unspecified atom stereocenters. The lowest BCUT2D eigenvalue weighted by Crippen LogP contribution is -2.20. The van der Waals surface area contributed by atoms with Gasteiger partial charge in [0.25, 0.3) is 0 Å². The van der Waals surface area contributed by atoms with Crippen molar-refractivity contribution >= 4 is 5.82 Å². The minimum atomic E-state index is -0.0175. The van der Waals surface area contributed by atoms with Crippen molar-refractivity contribution in [3.8, 4) is 11.5 Å². The van der Waals surface area contributed by atoms with Crippen LogP contribution in [0.1, 0.15) is 49.2 Å². The van der Waals surface area contributed by atoms with Gasteiger partial charge in [-0.1, -0.05) is 19.9 Å². The first-order valence-corrected chi connectivity index (χ1v) is 9.08. The average molecular weight is 349 g/mol. The highest BCUT2D eigenvalue weighted by Crippen LogP contribution is 2.32. The topological polar surface area (TPSA) is 92.3 Å². The van der Waals surface area contributed by atoms with Crippen LogP contribution in [0.15, 0.2) is 24.4 Å². The summed E-state index contributed by atoms with van der Waals surface area (Å²) in [4.78, 5) is 18.5. The second-order valence-electron chi connectivity index (χ2n) is 7.03. The molecule has 0 spiro atoms. The maximum absolute atomic E-state index is 4.82. The first-order valence-electron chi connectivity index (χ1n) is 9.08. The van der Waals surface area contributed by atoms with E-state index < -0.39 is 0 Å². The van der Waals surface area contributed by atoms with Gasteiger partial charge in [-0.3, -0.25) is 10.1 Å². The van der Waals surface area contributed by atoms with Crippen molar-refractivity contribution in [3.63, 3.8) is 0 Å². The van der Waals surface area contributed by atoms with Crippen molar-refractivity contribution in [2.45, 2.75) is 46.1 Å². The Morgan fingerprint density at radius 1 is 1.12 bits per heavy atom. The third kappa shape index (κ3) is 3.16. The van der Waals surface area contributed by atoms with Crippen LogP contribution in [0.5, 0.6) is 0 Å². The molecule has 7 heteroatoms. The van der Waals surface area contributed by atoms with Gasteiger partial charge < -0.3 is 5.32 Å². The van der Waals surface area contributed by atoms with Crippen LogP contribution < -0.4 is 5.32 Å². The van der Waals surface area contributed by atoms with Crippen LogP contribution in [0.25, 0.3) is 11.5 Å². The van der Waals surface area contributed by atoms with Gasteiger partial charge in [0.2, 0.25) is 0 Å². The lowest BCUT2D eigenvalue weighted by Gasteiger charge is -2.22. The summed E-state index contributed by atoms with van der Waals surface area (Å²) < 4.78 is 0. The Morgan fingerprint density at radius 2 is 2.00 bits per heavy atom. The number of nitrogens with one attached hydrogen (secondary N) is 2. The molecule has 0 fully saturated rings. The van der Waals surface area contributed by atoms with Crippen LogP contribution in [0, 0.1) is 12.8 Å². The molecule has 0 aliphatic heterocycles. The predicted molar refractivity (Wildman–Crippen MR) is 99.6 cm³/mol. The van der Waals surface area contributed by atoms with Crippen LogP contribution in [0.4, 0.5) is 5.82 Å². The van der Waals surface area contributed by atoms with E-state index >= 15 is 0 Å². The molecule has 1 atom stereocenters. The number of hydrogen-bond donors (Lipinski definition) is 2. The molecular formula is C19H23N7. The molecule has 26 heavy (non-hydrogen) atoms. The number of rotatable bonds is 5. The number of H-pyrrole nitrogens is 1. The first kappa shape index (κ1) is 16.6. The standard InChI is InChI=1S/C19H23N7/c1-11(2)16(19-21-12(3)25-26-19)23-17-13-7-6-9-14(13)22-18(24-17)15-8-4-5-10-20-15/h4-5,8,10-11,16H,6-7,9H2,1-3H3,(H,21,25,26)(H,22,23,24). The Kier molecular flexibility index (Phi) is 4.36. The summed E-state index contributed by atoms with van der Waals surface area (Å²) in [5, 5.41) is 10.9. The summed E-state index contributed by atoms with van der Waals surface area (Å²) in [6.07, 6.45) is 4.86. The Bertz CT molecular complexity index is 902. The second-order valence-corrected chi connectivity index (χ2v) is 7.03. The monoisotopic (exact) mass is 349 g/mol. The summed E-state index contributed by atoms with van der Waals surface area (Å²) in [6, 6.07) is 5.78. The summed E-state index contributed by atoms with van der Waals surface area (Å²) in [5.74, 6) is 3.45. The third-order valence-corrected chi connectivity index (χ3v) is 4.68. The van der Waals surface area contributed by atoms with E-state index in [1.807, 2.05) is 25.1 Å². The fourth-order valence-electron chi connectivity index (χ4n) is 3.34. The number of fused-ring (bicyclic) bond motifs is 1. The van der Waals surface area contributed by atoms with Crippen molar-refractivity contribution in [2.75, 3.05) is 5.32 Å². The van der Waals surface area contributed by atoms with Crippen LogP contribution >= 0.6 is 0 Å². The van der Waals surface area contributed by atoms with Gasteiger partial charge in [-0.25, -0.2) is 15.0 Å². The lowest BCUT2D eigenvalue weighted by atomic mass is 10.0. The average Bonchev–Trinajstić information content (AvgIpc) is 3.28. The minimum Gasteiger partial charge on any atom is -0.359 e. The van der Waals surface area contributed by atoms with E-state index in [1.54, 1.807) is 6.20 Å². The van der Waals surface area contributed by atoms with Gasteiger partial charge in [0.15, 0.2) is 11.6 Å². The Morgan fingerprint density at radius 3 is 2.69 bits per heavy atom. The van der Waals surface area contributed by atoms with Gasteiger partial charge in [-0.15, -0.1) is 0 Å². The maximum Gasteiger partial charge on any atom is 0.180 e. The number of aryl methyl sites for hydroxylation is 2. The normalized spacial score (nSPS) is 14.5. The lowest BCUT2D eigenvalue weighted by molar-refractivity contribution is 0.521. The number of anilines is 1. The molecule has 2 N–H and O–H groups in total. The Balaban J connectivity index is 1.74. The number of aromatic amines is 1. The highest BCUT2D eigenvalue weighted by molar-refractivity contribution is 5.58. The summed E-state index contributed by atoms with van der Waals surface area (Å²) in [7, 11) is 0. The quantitative estimate of drug-likeness (QED) is 0.734. The molecule has 3 aromatic heterocycles. The molecule has 0 amide bonds. The summed E-state index contributed by atoms with van der Waals surface area (Å²) in [5.41, 5.74) is 3.12. The molecule has 3 heterocycles. The van der Waals surface area contributed by atoms with E-state index in [0.29, 0.717) is 11.7 Å². The largest absolute Gasteiger partial charge is 0.359 e. The van der Waals surface area contributed by atoms with E-state index in [4.69, 9.17) is 9.97 Å². The SMILES string of the molecule is Cc1nc(C(Nc2nc(-c3ccccn3)nc3c2CCC3)C(C)C)n[nH]1. The highest BCUT2D eigenvalue weighted by Gasteiger charge is 2.25. The number of aromatic nitrogens is 6. The van der Waals surface area contributed by atoms with Crippen molar-refractivity contribution in [2.24, 2.45) is 5.92 Å². The van der Waals surface area contributed by atoms with Crippen LogP contribution in [-0.4, -0.2) is 30.1 Å². The molecule has 1 aliphatic rings. The van der Waals surface area contributed by atoms with E-state index in [2.05, 4.69) is 39.3 Å². The molecular weight excluding hydrogens is 326 g/mol. The molecule has 0 saturated heterocycles. The van der Waals surface area contributed by atoms with Gasteiger partial charge in [0.1, 0.15) is 17.3 Å².